The summed E-state index contributed by atoms with van der Waals surface area (Å²) in [5, 5.41) is 3.69. The summed E-state index contributed by atoms with van der Waals surface area (Å²) in [6.07, 6.45) is 5.05. The van der Waals surface area contributed by atoms with E-state index in [2.05, 4.69) is 18.3 Å². The molecule has 0 spiro atoms. The first-order valence-corrected chi connectivity index (χ1v) is 7.24. The average molecular weight is 261 g/mol. The number of aryl methyl sites for hydroxylation is 1. The highest BCUT2D eigenvalue weighted by Gasteiger charge is 2.35. The third-order valence-corrected chi connectivity index (χ3v) is 4.67. The fourth-order valence-electron chi connectivity index (χ4n) is 3.50. The summed E-state index contributed by atoms with van der Waals surface area (Å²) in [5.41, 5.74) is 3.88. The van der Waals surface area contributed by atoms with Crippen molar-refractivity contribution in [2.75, 3.05) is 20.8 Å². The molecular weight excluding hydrogens is 238 g/mol. The largest absolute Gasteiger partial charge is 0.496 e. The molecule has 2 aliphatic rings. The normalized spacial score (nSPS) is 22.6. The molecule has 0 aromatic heterocycles. The molecule has 0 bridgehead atoms. The number of fused-ring (bicyclic) bond motifs is 1. The topological polar surface area (TPSA) is 30.5 Å². The summed E-state index contributed by atoms with van der Waals surface area (Å²) < 4.78 is 11.3. The zero-order valence-corrected chi connectivity index (χ0v) is 12.1. The summed E-state index contributed by atoms with van der Waals surface area (Å²) in [7, 11) is 3.55. The van der Waals surface area contributed by atoms with Gasteiger partial charge in [0.05, 0.1) is 14.2 Å². The molecule has 1 fully saturated rings. The van der Waals surface area contributed by atoms with Crippen LogP contribution in [0.5, 0.6) is 11.5 Å². The van der Waals surface area contributed by atoms with Gasteiger partial charge >= 0.3 is 0 Å². The molecule has 1 aliphatic carbocycles. The maximum atomic E-state index is 5.70. The summed E-state index contributed by atoms with van der Waals surface area (Å²) in [4.78, 5) is 0. The minimum absolute atomic E-state index is 0.446. The Morgan fingerprint density at radius 1 is 1.21 bits per heavy atom. The van der Waals surface area contributed by atoms with Gasteiger partial charge in [-0.2, -0.15) is 0 Å². The molecule has 1 aromatic carbocycles. The predicted octanol–water partition coefficient (Wildman–Crippen LogP) is 3.00. The molecule has 1 atom stereocenters. The van der Waals surface area contributed by atoms with Crippen LogP contribution in [0.3, 0.4) is 0 Å². The molecule has 0 saturated heterocycles. The third kappa shape index (κ3) is 2.00. The molecular formula is C16H23NO2. The highest BCUT2D eigenvalue weighted by molar-refractivity contribution is 5.56. The Balaban J connectivity index is 2.13. The lowest BCUT2D eigenvalue weighted by Crippen LogP contribution is -2.38. The molecule has 1 aliphatic heterocycles. The van der Waals surface area contributed by atoms with E-state index in [4.69, 9.17) is 9.47 Å². The van der Waals surface area contributed by atoms with E-state index in [0.29, 0.717) is 6.04 Å². The van der Waals surface area contributed by atoms with E-state index in [-0.39, 0.29) is 0 Å². The van der Waals surface area contributed by atoms with E-state index >= 15 is 0 Å². The minimum Gasteiger partial charge on any atom is -0.496 e. The van der Waals surface area contributed by atoms with Gasteiger partial charge in [-0.05, 0) is 50.3 Å². The predicted molar refractivity (Wildman–Crippen MR) is 76.1 cm³/mol. The second-order valence-electron chi connectivity index (χ2n) is 5.69. The Kier molecular flexibility index (Phi) is 3.40. The van der Waals surface area contributed by atoms with E-state index in [1.807, 2.05) is 0 Å². The van der Waals surface area contributed by atoms with Crippen molar-refractivity contribution < 1.29 is 9.47 Å². The van der Waals surface area contributed by atoms with Crippen molar-refractivity contribution >= 4 is 0 Å². The van der Waals surface area contributed by atoms with Gasteiger partial charge < -0.3 is 14.8 Å². The van der Waals surface area contributed by atoms with Crippen molar-refractivity contribution in [3.8, 4) is 11.5 Å². The standard InChI is InChI=1S/C16H23NO2/c1-10-9-13(18-2)12-7-8-17-15(11-5-4-6-11)14(12)16(10)19-3/h9,11,15,17H,4-8H2,1-3H3. The number of hydrogen-bond donors (Lipinski definition) is 1. The van der Waals surface area contributed by atoms with Gasteiger partial charge in [0.15, 0.2) is 0 Å². The fraction of sp³-hybridized carbons (Fsp3) is 0.625. The Hall–Kier alpha value is -1.22. The van der Waals surface area contributed by atoms with E-state index in [1.165, 1.54) is 36.0 Å². The van der Waals surface area contributed by atoms with Gasteiger partial charge in [-0.15, -0.1) is 0 Å². The Morgan fingerprint density at radius 3 is 2.58 bits per heavy atom. The smallest absolute Gasteiger partial charge is 0.127 e. The van der Waals surface area contributed by atoms with Gasteiger partial charge in [-0.25, -0.2) is 0 Å². The number of benzene rings is 1. The Labute approximate surface area is 115 Å². The molecule has 3 heteroatoms. The zero-order valence-electron chi connectivity index (χ0n) is 12.1. The maximum Gasteiger partial charge on any atom is 0.127 e. The minimum atomic E-state index is 0.446. The molecule has 0 radical (unpaired) electrons. The average Bonchev–Trinajstić information content (AvgIpc) is 2.36. The molecule has 1 unspecified atom stereocenters. The second kappa shape index (κ2) is 5.04. The Morgan fingerprint density at radius 2 is 2.00 bits per heavy atom. The molecule has 1 aromatic rings. The van der Waals surface area contributed by atoms with Crippen LogP contribution in [0.4, 0.5) is 0 Å². The summed E-state index contributed by atoms with van der Waals surface area (Å²) in [6.45, 7) is 3.14. The SMILES string of the molecule is COc1cc(C)c(OC)c2c1CCNC2C1CCC1. The molecule has 19 heavy (non-hydrogen) atoms. The summed E-state index contributed by atoms with van der Waals surface area (Å²) in [6, 6.07) is 2.56. The van der Waals surface area contributed by atoms with Gasteiger partial charge in [-0.1, -0.05) is 6.42 Å². The number of methoxy groups -OCH3 is 2. The number of nitrogens with one attached hydrogen (secondary N) is 1. The summed E-state index contributed by atoms with van der Waals surface area (Å²) >= 11 is 0. The van der Waals surface area contributed by atoms with E-state index in [0.717, 1.165) is 30.4 Å². The quantitative estimate of drug-likeness (QED) is 0.907. The summed E-state index contributed by atoms with van der Waals surface area (Å²) in [5.74, 6) is 2.85. The van der Waals surface area contributed by atoms with E-state index in [1.54, 1.807) is 14.2 Å². The first kappa shape index (κ1) is 12.8. The van der Waals surface area contributed by atoms with Crippen LogP contribution in [-0.4, -0.2) is 20.8 Å². The first-order valence-electron chi connectivity index (χ1n) is 7.24. The third-order valence-electron chi connectivity index (χ3n) is 4.67. The molecule has 1 heterocycles. The van der Waals surface area contributed by atoms with Crippen LogP contribution in [0.2, 0.25) is 0 Å². The van der Waals surface area contributed by atoms with Gasteiger partial charge in [0.1, 0.15) is 11.5 Å². The van der Waals surface area contributed by atoms with Crippen molar-refractivity contribution in [3.05, 3.63) is 22.8 Å². The van der Waals surface area contributed by atoms with E-state index < -0.39 is 0 Å². The molecule has 3 rings (SSSR count). The first-order chi connectivity index (χ1) is 9.26. The molecule has 3 nitrogen and oxygen atoms in total. The lowest BCUT2D eigenvalue weighted by Gasteiger charge is -2.39. The van der Waals surface area contributed by atoms with E-state index in [9.17, 15) is 0 Å². The van der Waals surface area contributed by atoms with Gasteiger partial charge in [0.25, 0.3) is 0 Å². The zero-order chi connectivity index (χ0) is 13.4. The van der Waals surface area contributed by atoms with Crippen LogP contribution in [0.15, 0.2) is 6.07 Å². The maximum absolute atomic E-state index is 5.70. The van der Waals surface area contributed by atoms with Gasteiger partial charge in [0, 0.05) is 17.2 Å². The van der Waals surface area contributed by atoms with Crippen molar-refractivity contribution in [3.63, 3.8) is 0 Å². The highest BCUT2D eigenvalue weighted by Crippen LogP contribution is 2.47. The van der Waals surface area contributed by atoms with Crippen LogP contribution >= 0.6 is 0 Å². The van der Waals surface area contributed by atoms with Crippen LogP contribution in [-0.2, 0) is 6.42 Å². The highest BCUT2D eigenvalue weighted by atomic mass is 16.5. The molecule has 0 amide bonds. The van der Waals surface area contributed by atoms with Crippen molar-refractivity contribution in [2.24, 2.45) is 5.92 Å². The Bertz CT molecular complexity index is 480. The van der Waals surface area contributed by atoms with Crippen LogP contribution < -0.4 is 14.8 Å². The van der Waals surface area contributed by atoms with Crippen LogP contribution in [0.1, 0.15) is 42.0 Å². The molecule has 1 N–H and O–H groups in total. The lowest BCUT2D eigenvalue weighted by molar-refractivity contribution is 0.218. The van der Waals surface area contributed by atoms with Crippen LogP contribution in [0, 0.1) is 12.8 Å². The molecule has 104 valence electrons. The lowest BCUT2D eigenvalue weighted by atomic mass is 9.74. The number of rotatable bonds is 3. The van der Waals surface area contributed by atoms with Crippen molar-refractivity contribution in [2.45, 2.75) is 38.6 Å². The van der Waals surface area contributed by atoms with Crippen LogP contribution in [0.25, 0.3) is 0 Å². The number of hydrogen-bond acceptors (Lipinski definition) is 3. The molecule has 1 saturated carbocycles. The van der Waals surface area contributed by atoms with Gasteiger partial charge in [-0.3, -0.25) is 0 Å². The second-order valence-corrected chi connectivity index (χ2v) is 5.69. The van der Waals surface area contributed by atoms with Crippen molar-refractivity contribution in [1.82, 2.24) is 5.32 Å². The monoisotopic (exact) mass is 261 g/mol. The fourth-order valence-corrected chi connectivity index (χ4v) is 3.50. The van der Waals surface area contributed by atoms with Crippen molar-refractivity contribution in [1.29, 1.82) is 0 Å². The number of ether oxygens (including phenoxy) is 2. The van der Waals surface area contributed by atoms with Gasteiger partial charge in [0.2, 0.25) is 0 Å².